The second-order valence-electron chi connectivity index (χ2n) is 4.61. The van der Waals surface area contributed by atoms with Crippen molar-refractivity contribution in [2.45, 2.75) is 13.1 Å². The van der Waals surface area contributed by atoms with Crippen LogP contribution in [-0.4, -0.2) is 27.4 Å². The van der Waals surface area contributed by atoms with E-state index >= 15 is 0 Å². The topological polar surface area (TPSA) is 38.1 Å². The highest BCUT2D eigenvalue weighted by Gasteiger charge is 2.14. The van der Waals surface area contributed by atoms with Crippen molar-refractivity contribution in [3.8, 4) is 0 Å². The van der Waals surface area contributed by atoms with Gasteiger partial charge < -0.3 is 4.90 Å². The second-order valence-corrected chi connectivity index (χ2v) is 4.61. The molecule has 0 saturated heterocycles. The van der Waals surface area contributed by atoms with Gasteiger partial charge in [-0.25, -0.2) is 9.37 Å². The quantitative estimate of drug-likeness (QED) is 0.796. The van der Waals surface area contributed by atoms with Gasteiger partial charge >= 0.3 is 6.55 Å². The predicted molar refractivity (Wildman–Crippen MR) is 75.4 cm³/mol. The number of halogens is 3. The van der Waals surface area contributed by atoms with Crippen LogP contribution in [0, 0.1) is 5.82 Å². The monoisotopic (exact) mass is 309 g/mol. The van der Waals surface area contributed by atoms with Gasteiger partial charge in [0.1, 0.15) is 11.6 Å². The van der Waals surface area contributed by atoms with Gasteiger partial charge in [0.15, 0.2) is 0 Å². The maximum Gasteiger partial charge on any atom is 0.319 e. The number of imidazole rings is 1. The lowest BCUT2D eigenvalue weighted by Crippen LogP contribution is -2.26. The Labute approximate surface area is 125 Å². The van der Waals surface area contributed by atoms with Crippen LogP contribution in [0.2, 0.25) is 0 Å². The summed E-state index contributed by atoms with van der Waals surface area (Å²) in [5.74, 6) is -0.631. The number of carbonyl (C=O) groups is 1. The molecule has 2 aromatic rings. The number of alkyl halides is 2. The Morgan fingerprint density at radius 1 is 1.36 bits per heavy atom. The molecule has 0 N–H and O–H groups in total. The van der Waals surface area contributed by atoms with Crippen LogP contribution in [-0.2, 0) is 11.3 Å². The molecule has 22 heavy (non-hydrogen) atoms. The highest BCUT2D eigenvalue weighted by molar-refractivity contribution is 5.91. The number of rotatable bonds is 5. The zero-order chi connectivity index (χ0) is 16.1. The van der Waals surface area contributed by atoms with Gasteiger partial charge in [-0.1, -0.05) is 12.1 Å². The van der Waals surface area contributed by atoms with Crippen LogP contribution < -0.4 is 0 Å². The van der Waals surface area contributed by atoms with E-state index in [1.807, 2.05) is 0 Å². The predicted octanol–water partition coefficient (Wildman–Crippen LogP) is 3.09. The minimum absolute atomic E-state index is 0.0378. The maximum atomic E-state index is 12.8. The van der Waals surface area contributed by atoms with Gasteiger partial charge in [-0.05, 0) is 23.8 Å². The highest BCUT2D eigenvalue weighted by atomic mass is 19.3. The molecule has 7 heteroatoms. The fraction of sp³-hybridized carbons (Fsp3) is 0.200. The smallest absolute Gasteiger partial charge is 0.319 e. The van der Waals surface area contributed by atoms with Crippen LogP contribution in [0.5, 0.6) is 0 Å². The van der Waals surface area contributed by atoms with Gasteiger partial charge in [0, 0.05) is 25.5 Å². The van der Waals surface area contributed by atoms with Gasteiger partial charge in [-0.15, -0.1) is 0 Å². The number of benzene rings is 1. The lowest BCUT2D eigenvalue weighted by Gasteiger charge is -2.15. The van der Waals surface area contributed by atoms with E-state index in [4.69, 9.17) is 0 Å². The van der Waals surface area contributed by atoms with Crippen LogP contribution in [0.4, 0.5) is 13.2 Å². The molecular formula is C15H14F3N3O. The van der Waals surface area contributed by atoms with Gasteiger partial charge in [-0.2, -0.15) is 8.78 Å². The lowest BCUT2D eigenvalue weighted by molar-refractivity contribution is -0.125. The Hall–Kier alpha value is -2.57. The molecule has 0 bridgehead atoms. The Morgan fingerprint density at radius 2 is 2.05 bits per heavy atom. The van der Waals surface area contributed by atoms with Crippen molar-refractivity contribution < 1.29 is 18.0 Å². The van der Waals surface area contributed by atoms with Crippen LogP contribution in [0.15, 0.2) is 42.7 Å². The van der Waals surface area contributed by atoms with Crippen molar-refractivity contribution in [1.82, 2.24) is 14.5 Å². The van der Waals surface area contributed by atoms with Crippen molar-refractivity contribution in [3.63, 3.8) is 0 Å². The molecule has 1 heterocycles. The lowest BCUT2D eigenvalue weighted by atomic mass is 10.2. The highest BCUT2D eigenvalue weighted by Crippen LogP contribution is 2.13. The Kier molecular flexibility index (Phi) is 4.98. The Bertz CT molecular complexity index is 665. The van der Waals surface area contributed by atoms with Crippen molar-refractivity contribution in [2.75, 3.05) is 7.05 Å². The number of nitrogens with zero attached hydrogens (tertiary/aromatic N) is 3. The summed E-state index contributed by atoms with van der Waals surface area (Å²) in [5.41, 5.74) is 0.664. The van der Waals surface area contributed by atoms with E-state index in [2.05, 4.69) is 4.98 Å². The third kappa shape index (κ3) is 3.97. The molecule has 1 aromatic heterocycles. The fourth-order valence-electron chi connectivity index (χ4n) is 1.80. The summed E-state index contributed by atoms with van der Waals surface area (Å²) in [5, 5.41) is 0. The van der Waals surface area contributed by atoms with Crippen molar-refractivity contribution in [2.24, 2.45) is 0 Å². The molecule has 116 valence electrons. The van der Waals surface area contributed by atoms with E-state index in [1.54, 1.807) is 0 Å². The maximum absolute atomic E-state index is 12.8. The van der Waals surface area contributed by atoms with Gasteiger partial charge in [-0.3, -0.25) is 9.36 Å². The SMILES string of the molecule is CN(Cc1nccn1C(F)F)C(=O)/C=C/c1ccc(F)cc1. The van der Waals surface area contributed by atoms with E-state index in [0.717, 1.165) is 6.20 Å². The average Bonchev–Trinajstić information content (AvgIpc) is 2.94. The Balaban J connectivity index is 2.00. The van der Waals surface area contributed by atoms with Crippen molar-refractivity contribution >= 4 is 12.0 Å². The van der Waals surface area contributed by atoms with E-state index in [9.17, 15) is 18.0 Å². The van der Waals surface area contributed by atoms with Gasteiger partial charge in [0.05, 0.1) is 6.54 Å². The van der Waals surface area contributed by atoms with Crippen molar-refractivity contribution in [3.05, 3.63) is 59.9 Å². The molecule has 2 rings (SSSR count). The first kappa shape index (κ1) is 15.8. The summed E-state index contributed by atoms with van der Waals surface area (Å²) in [4.78, 5) is 17.0. The molecule has 1 amide bonds. The summed E-state index contributed by atoms with van der Waals surface area (Å²) in [6.07, 6.45) is 5.24. The zero-order valence-corrected chi connectivity index (χ0v) is 11.8. The summed E-state index contributed by atoms with van der Waals surface area (Å²) >= 11 is 0. The molecule has 0 unspecified atom stereocenters. The minimum Gasteiger partial charge on any atom is -0.335 e. The fourth-order valence-corrected chi connectivity index (χ4v) is 1.80. The first-order valence-electron chi connectivity index (χ1n) is 6.46. The normalized spacial score (nSPS) is 11.3. The molecule has 0 radical (unpaired) electrons. The molecule has 0 saturated carbocycles. The standard InChI is InChI=1S/C15H14F3N3O/c1-20(10-13-19-8-9-21(13)15(17)18)14(22)7-4-11-2-5-12(16)6-3-11/h2-9,15H,10H2,1H3/b7-4+. The second kappa shape index (κ2) is 6.93. The Morgan fingerprint density at radius 3 is 2.68 bits per heavy atom. The van der Waals surface area contributed by atoms with Crippen LogP contribution in [0.1, 0.15) is 17.9 Å². The number of carbonyl (C=O) groups excluding carboxylic acids is 1. The minimum atomic E-state index is -2.70. The number of aromatic nitrogens is 2. The first-order chi connectivity index (χ1) is 10.5. The molecule has 0 aliphatic carbocycles. The van der Waals surface area contributed by atoms with Gasteiger partial charge in [0.25, 0.3) is 0 Å². The molecular weight excluding hydrogens is 295 g/mol. The van der Waals surface area contributed by atoms with E-state index in [0.29, 0.717) is 10.1 Å². The average molecular weight is 309 g/mol. The van der Waals surface area contributed by atoms with Crippen LogP contribution >= 0.6 is 0 Å². The van der Waals surface area contributed by atoms with Crippen LogP contribution in [0.3, 0.4) is 0 Å². The number of amides is 1. The summed E-state index contributed by atoms with van der Waals surface area (Å²) in [6, 6.07) is 5.63. The number of hydrogen-bond donors (Lipinski definition) is 0. The molecule has 0 spiro atoms. The zero-order valence-electron chi connectivity index (χ0n) is 11.8. The molecule has 0 atom stereocenters. The molecule has 4 nitrogen and oxygen atoms in total. The summed E-state index contributed by atoms with van der Waals surface area (Å²) < 4.78 is 38.8. The van der Waals surface area contributed by atoms with Crippen molar-refractivity contribution in [1.29, 1.82) is 0 Å². The molecule has 0 aliphatic heterocycles. The molecule has 0 aliphatic rings. The molecule has 1 aromatic carbocycles. The number of hydrogen-bond acceptors (Lipinski definition) is 2. The van der Waals surface area contributed by atoms with Gasteiger partial charge in [0.2, 0.25) is 5.91 Å². The molecule has 0 fully saturated rings. The number of likely N-dealkylation sites (N-methyl/N-ethyl adjacent to an activating group) is 1. The van der Waals surface area contributed by atoms with E-state index in [-0.39, 0.29) is 24.1 Å². The first-order valence-corrected chi connectivity index (χ1v) is 6.46. The third-order valence-corrected chi connectivity index (χ3v) is 3.00. The van der Waals surface area contributed by atoms with E-state index < -0.39 is 6.55 Å². The van der Waals surface area contributed by atoms with Crippen LogP contribution in [0.25, 0.3) is 6.08 Å². The summed E-state index contributed by atoms with van der Waals surface area (Å²) in [6.45, 7) is -2.74. The third-order valence-electron chi connectivity index (χ3n) is 3.00. The largest absolute Gasteiger partial charge is 0.335 e. The van der Waals surface area contributed by atoms with E-state index in [1.165, 1.54) is 54.6 Å². The summed E-state index contributed by atoms with van der Waals surface area (Å²) in [7, 11) is 1.49.